The normalized spacial score (nSPS) is 12.9. The molecule has 1 aromatic heterocycles. The highest BCUT2D eigenvalue weighted by Crippen LogP contribution is 2.23. The Labute approximate surface area is 166 Å². The Balaban J connectivity index is 1.29. The molecule has 9 nitrogen and oxygen atoms in total. The molecule has 2 heterocycles. The van der Waals surface area contributed by atoms with E-state index >= 15 is 0 Å². The highest BCUT2D eigenvalue weighted by atomic mass is 16.2. The standard InChI is InChI=1S/C20H18N6O3/c1-25-18(22-23-24-25)13-8-10-14(11-9-13)21-17(27)7-4-12-26-19(28)15-5-2-3-6-16(15)20(26)29/h2-3,5-6,8-11H,4,7,12H2,1H3,(H,21,27). The van der Waals surface area contributed by atoms with Gasteiger partial charge in [-0.25, -0.2) is 4.68 Å². The molecule has 1 aliphatic heterocycles. The lowest BCUT2D eigenvalue weighted by Crippen LogP contribution is -2.31. The first kappa shape index (κ1) is 18.5. The second-order valence-corrected chi connectivity index (χ2v) is 6.66. The van der Waals surface area contributed by atoms with E-state index < -0.39 is 0 Å². The molecule has 3 amide bonds. The molecular weight excluding hydrogens is 372 g/mol. The minimum Gasteiger partial charge on any atom is -0.326 e. The first-order valence-corrected chi connectivity index (χ1v) is 9.12. The van der Waals surface area contributed by atoms with Gasteiger partial charge in [0.2, 0.25) is 5.91 Å². The lowest BCUT2D eigenvalue weighted by Gasteiger charge is -2.13. The number of anilines is 1. The van der Waals surface area contributed by atoms with Crippen molar-refractivity contribution in [3.05, 3.63) is 59.7 Å². The third kappa shape index (κ3) is 3.62. The van der Waals surface area contributed by atoms with Crippen LogP contribution in [0.4, 0.5) is 5.69 Å². The Morgan fingerprint density at radius 3 is 2.24 bits per heavy atom. The summed E-state index contributed by atoms with van der Waals surface area (Å²) < 4.78 is 1.56. The molecule has 0 atom stereocenters. The van der Waals surface area contributed by atoms with E-state index in [2.05, 4.69) is 20.8 Å². The SMILES string of the molecule is Cn1nnnc1-c1ccc(NC(=O)CCCN2C(=O)c3ccccc3C2=O)cc1. The minimum atomic E-state index is -0.306. The largest absolute Gasteiger partial charge is 0.326 e. The van der Waals surface area contributed by atoms with Gasteiger partial charge in [-0.3, -0.25) is 19.3 Å². The van der Waals surface area contributed by atoms with Crippen molar-refractivity contribution in [3.63, 3.8) is 0 Å². The van der Waals surface area contributed by atoms with Crippen molar-refractivity contribution >= 4 is 23.4 Å². The van der Waals surface area contributed by atoms with Gasteiger partial charge in [0.15, 0.2) is 5.82 Å². The number of nitrogens with zero attached hydrogens (tertiary/aromatic N) is 5. The van der Waals surface area contributed by atoms with E-state index in [4.69, 9.17) is 0 Å². The number of benzene rings is 2. The summed E-state index contributed by atoms with van der Waals surface area (Å²) in [7, 11) is 1.75. The number of imide groups is 1. The molecule has 0 fully saturated rings. The predicted octanol–water partition coefficient (Wildman–Crippen LogP) is 1.89. The smallest absolute Gasteiger partial charge is 0.261 e. The first-order valence-electron chi connectivity index (χ1n) is 9.12. The van der Waals surface area contributed by atoms with Crippen LogP contribution in [-0.2, 0) is 11.8 Å². The number of nitrogens with one attached hydrogen (secondary N) is 1. The molecular formula is C20H18N6O3. The third-order valence-corrected chi connectivity index (χ3v) is 4.71. The number of aromatic nitrogens is 4. The van der Waals surface area contributed by atoms with Crippen LogP contribution in [-0.4, -0.2) is 49.4 Å². The van der Waals surface area contributed by atoms with Crippen molar-refractivity contribution in [3.8, 4) is 11.4 Å². The Kier molecular flexibility index (Phi) is 4.86. The maximum atomic E-state index is 12.3. The van der Waals surface area contributed by atoms with Crippen LogP contribution >= 0.6 is 0 Å². The summed E-state index contributed by atoms with van der Waals surface area (Å²) in [5.41, 5.74) is 2.32. The quantitative estimate of drug-likeness (QED) is 0.644. The second kappa shape index (κ2) is 7.63. The number of carbonyl (C=O) groups is 3. The summed E-state index contributed by atoms with van der Waals surface area (Å²) >= 11 is 0. The molecule has 0 bridgehead atoms. The zero-order valence-electron chi connectivity index (χ0n) is 15.7. The maximum Gasteiger partial charge on any atom is 0.261 e. The summed E-state index contributed by atoms with van der Waals surface area (Å²) in [6, 6.07) is 13.9. The first-order chi connectivity index (χ1) is 14.0. The van der Waals surface area contributed by atoms with E-state index in [0.29, 0.717) is 29.1 Å². The number of hydrogen-bond donors (Lipinski definition) is 1. The van der Waals surface area contributed by atoms with Crippen molar-refractivity contribution in [2.75, 3.05) is 11.9 Å². The third-order valence-electron chi connectivity index (χ3n) is 4.71. The van der Waals surface area contributed by atoms with E-state index in [0.717, 1.165) is 5.56 Å². The minimum absolute atomic E-state index is 0.185. The Morgan fingerprint density at radius 1 is 1.00 bits per heavy atom. The van der Waals surface area contributed by atoms with E-state index in [9.17, 15) is 14.4 Å². The van der Waals surface area contributed by atoms with E-state index in [1.54, 1.807) is 48.1 Å². The Bertz CT molecular complexity index is 1050. The molecule has 146 valence electrons. The van der Waals surface area contributed by atoms with Crippen LogP contribution in [0.25, 0.3) is 11.4 Å². The van der Waals surface area contributed by atoms with Crippen LogP contribution in [0.2, 0.25) is 0 Å². The number of carbonyl (C=O) groups excluding carboxylic acids is 3. The van der Waals surface area contributed by atoms with E-state index in [-0.39, 0.29) is 30.7 Å². The second-order valence-electron chi connectivity index (χ2n) is 6.66. The van der Waals surface area contributed by atoms with Crippen molar-refractivity contribution in [2.45, 2.75) is 12.8 Å². The predicted molar refractivity (Wildman–Crippen MR) is 104 cm³/mol. The average Bonchev–Trinajstić information content (AvgIpc) is 3.26. The molecule has 29 heavy (non-hydrogen) atoms. The highest BCUT2D eigenvalue weighted by Gasteiger charge is 2.34. The van der Waals surface area contributed by atoms with Crippen molar-refractivity contribution in [1.29, 1.82) is 0 Å². The van der Waals surface area contributed by atoms with Crippen LogP contribution in [0.1, 0.15) is 33.6 Å². The Hall–Kier alpha value is -3.88. The molecule has 2 aromatic carbocycles. The van der Waals surface area contributed by atoms with Gasteiger partial charge in [-0.15, -0.1) is 5.10 Å². The van der Waals surface area contributed by atoms with Crippen molar-refractivity contribution in [1.82, 2.24) is 25.1 Å². The number of aryl methyl sites for hydroxylation is 1. The van der Waals surface area contributed by atoms with Crippen molar-refractivity contribution in [2.24, 2.45) is 7.05 Å². The molecule has 0 aliphatic carbocycles. The molecule has 1 aliphatic rings. The molecule has 0 saturated heterocycles. The lowest BCUT2D eigenvalue weighted by molar-refractivity contribution is -0.116. The van der Waals surface area contributed by atoms with Gasteiger partial charge < -0.3 is 5.32 Å². The van der Waals surface area contributed by atoms with Crippen LogP contribution in [0.15, 0.2) is 48.5 Å². The monoisotopic (exact) mass is 390 g/mol. The summed E-state index contributed by atoms with van der Waals surface area (Å²) in [6.07, 6.45) is 0.586. The van der Waals surface area contributed by atoms with Gasteiger partial charge in [0.1, 0.15) is 0 Å². The van der Waals surface area contributed by atoms with E-state index in [1.165, 1.54) is 4.90 Å². The van der Waals surface area contributed by atoms with Gasteiger partial charge in [0, 0.05) is 31.3 Å². The van der Waals surface area contributed by atoms with Crippen LogP contribution in [0.3, 0.4) is 0 Å². The van der Waals surface area contributed by atoms with E-state index in [1.807, 2.05) is 12.1 Å². The van der Waals surface area contributed by atoms with Crippen LogP contribution in [0, 0.1) is 0 Å². The summed E-state index contributed by atoms with van der Waals surface area (Å²) in [4.78, 5) is 38.0. The zero-order chi connectivity index (χ0) is 20.4. The summed E-state index contributed by atoms with van der Waals surface area (Å²) in [6.45, 7) is 0.206. The molecule has 0 saturated carbocycles. The van der Waals surface area contributed by atoms with Gasteiger partial charge in [-0.05, 0) is 53.2 Å². The average molecular weight is 390 g/mol. The summed E-state index contributed by atoms with van der Waals surface area (Å²) in [5, 5.41) is 14.1. The van der Waals surface area contributed by atoms with Gasteiger partial charge in [0.25, 0.3) is 11.8 Å². The number of rotatable bonds is 6. The van der Waals surface area contributed by atoms with Crippen LogP contribution in [0.5, 0.6) is 0 Å². The molecule has 0 unspecified atom stereocenters. The lowest BCUT2D eigenvalue weighted by atomic mass is 10.1. The fourth-order valence-electron chi connectivity index (χ4n) is 3.24. The number of amides is 3. The topological polar surface area (TPSA) is 110 Å². The van der Waals surface area contributed by atoms with Crippen molar-refractivity contribution < 1.29 is 14.4 Å². The number of tetrazole rings is 1. The molecule has 9 heteroatoms. The van der Waals surface area contributed by atoms with Gasteiger partial charge >= 0.3 is 0 Å². The zero-order valence-corrected chi connectivity index (χ0v) is 15.7. The molecule has 0 radical (unpaired) electrons. The van der Waals surface area contributed by atoms with Gasteiger partial charge in [0.05, 0.1) is 11.1 Å². The molecule has 0 spiro atoms. The highest BCUT2D eigenvalue weighted by molar-refractivity contribution is 6.21. The number of hydrogen-bond acceptors (Lipinski definition) is 6. The fraction of sp³-hybridized carbons (Fsp3) is 0.200. The van der Waals surface area contributed by atoms with Gasteiger partial charge in [-0.1, -0.05) is 12.1 Å². The summed E-state index contributed by atoms with van der Waals surface area (Å²) in [5.74, 6) is -0.168. The molecule has 1 N–H and O–H groups in total. The van der Waals surface area contributed by atoms with Gasteiger partial charge in [-0.2, -0.15) is 0 Å². The number of fused-ring (bicyclic) bond motifs is 1. The molecule has 4 rings (SSSR count). The van der Waals surface area contributed by atoms with Crippen LogP contribution < -0.4 is 5.32 Å². The molecule has 3 aromatic rings. The Morgan fingerprint density at radius 2 is 1.66 bits per heavy atom. The fourth-order valence-corrected chi connectivity index (χ4v) is 3.24. The maximum absolute atomic E-state index is 12.3.